The summed E-state index contributed by atoms with van der Waals surface area (Å²) in [6.45, 7) is 3.31. The number of rotatable bonds is 3. The maximum Gasteiger partial charge on any atom is 0.225 e. The van der Waals surface area contributed by atoms with Crippen molar-refractivity contribution in [3.8, 4) is 11.6 Å². The Labute approximate surface area is 163 Å². The number of nitrogens with zero attached hydrogens (tertiary/aromatic N) is 2. The van der Waals surface area contributed by atoms with Crippen LogP contribution in [0.15, 0.2) is 24.4 Å². The highest BCUT2D eigenvalue weighted by Gasteiger charge is 2.39. The third-order valence-corrected chi connectivity index (χ3v) is 5.45. The van der Waals surface area contributed by atoms with Crippen LogP contribution >= 0.6 is 0 Å². The predicted molar refractivity (Wildman–Crippen MR) is 103 cm³/mol. The third-order valence-electron chi connectivity index (χ3n) is 5.45. The third kappa shape index (κ3) is 3.54. The van der Waals surface area contributed by atoms with Crippen LogP contribution in [0.25, 0.3) is 10.8 Å². The van der Waals surface area contributed by atoms with Crippen LogP contribution in [0.4, 0.5) is 0 Å². The second kappa shape index (κ2) is 8.14. The van der Waals surface area contributed by atoms with Crippen LogP contribution in [0.3, 0.4) is 0 Å². The van der Waals surface area contributed by atoms with E-state index in [1.807, 2.05) is 6.07 Å². The molecular formula is C21H24N2O5. The minimum absolute atomic E-state index is 0.0418. The summed E-state index contributed by atoms with van der Waals surface area (Å²) < 4.78 is 17.5. The number of amides is 1. The van der Waals surface area contributed by atoms with Crippen LogP contribution in [0.5, 0.6) is 11.6 Å². The van der Waals surface area contributed by atoms with Gasteiger partial charge in [-0.25, -0.2) is 4.98 Å². The van der Waals surface area contributed by atoms with E-state index < -0.39 is 0 Å². The molecule has 4 rings (SSSR count). The van der Waals surface area contributed by atoms with Gasteiger partial charge >= 0.3 is 0 Å². The van der Waals surface area contributed by atoms with Crippen molar-refractivity contribution < 1.29 is 23.8 Å². The van der Waals surface area contributed by atoms with Gasteiger partial charge in [0.25, 0.3) is 0 Å². The fraction of sp³-hybridized carbons (Fsp3) is 0.476. The maximum atomic E-state index is 12.5. The first-order valence-corrected chi connectivity index (χ1v) is 9.72. The second-order valence-corrected chi connectivity index (χ2v) is 7.23. The summed E-state index contributed by atoms with van der Waals surface area (Å²) in [5, 5.41) is 1.64. The molecule has 0 N–H and O–H groups in total. The summed E-state index contributed by atoms with van der Waals surface area (Å²) in [6, 6.07) is 5.36. The van der Waals surface area contributed by atoms with Gasteiger partial charge in [0, 0.05) is 18.0 Å². The largest absolute Gasteiger partial charge is 0.490 e. The summed E-state index contributed by atoms with van der Waals surface area (Å²) >= 11 is 0. The molecule has 3 heterocycles. The number of ether oxygens (including phenoxy) is 3. The zero-order valence-corrected chi connectivity index (χ0v) is 15.9. The van der Waals surface area contributed by atoms with E-state index in [-0.39, 0.29) is 31.2 Å². The number of aldehydes is 1. The van der Waals surface area contributed by atoms with Crippen molar-refractivity contribution in [3.05, 3.63) is 30.0 Å². The van der Waals surface area contributed by atoms with Crippen molar-refractivity contribution in [1.29, 1.82) is 0 Å². The van der Waals surface area contributed by atoms with Gasteiger partial charge in [-0.15, -0.1) is 0 Å². The van der Waals surface area contributed by atoms with E-state index >= 15 is 0 Å². The van der Waals surface area contributed by atoms with Gasteiger partial charge in [0.1, 0.15) is 25.7 Å². The normalized spacial score (nSPS) is 22.6. The van der Waals surface area contributed by atoms with Gasteiger partial charge in [-0.2, -0.15) is 0 Å². The minimum Gasteiger partial charge on any atom is -0.490 e. The Bertz CT molecular complexity index is 884. The first-order valence-electron chi connectivity index (χ1n) is 9.72. The molecule has 2 unspecified atom stereocenters. The molecule has 2 aliphatic rings. The van der Waals surface area contributed by atoms with Crippen molar-refractivity contribution in [2.75, 3.05) is 26.6 Å². The molecule has 1 aromatic heterocycles. The van der Waals surface area contributed by atoms with Crippen LogP contribution in [-0.4, -0.2) is 54.7 Å². The lowest BCUT2D eigenvalue weighted by molar-refractivity contribution is -0.135. The first-order chi connectivity index (χ1) is 13.7. The first kappa shape index (κ1) is 18.7. The highest BCUT2D eigenvalue weighted by Crippen LogP contribution is 2.33. The van der Waals surface area contributed by atoms with Crippen molar-refractivity contribution >= 4 is 23.0 Å². The molecule has 28 heavy (non-hydrogen) atoms. The van der Waals surface area contributed by atoms with Gasteiger partial charge in [0.05, 0.1) is 18.2 Å². The van der Waals surface area contributed by atoms with Gasteiger partial charge in [0.2, 0.25) is 11.8 Å². The average molecular weight is 384 g/mol. The highest BCUT2D eigenvalue weighted by molar-refractivity contribution is 5.94. The Hall–Kier alpha value is -2.67. The lowest BCUT2D eigenvalue weighted by Gasteiger charge is -2.27. The van der Waals surface area contributed by atoms with Crippen molar-refractivity contribution in [2.24, 2.45) is 5.92 Å². The molecule has 0 spiro atoms. The van der Waals surface area contributed by atoms with Gasteiger partial charge < -0.3 is 19.1 Å². The Balaban J connectivity index is 1.70. The van der Waals surface area contributed by atoms with Crippen LogP contribution in [0.2, 0.25) is 0 Å². The van der Waals surface area contributed by atoms with E-state index in [4.69, 9.17) is 14.2 Å². The van der Waals surface area contributed by atoms with Gasteiger partial charge in [-0.1, -0.05) is 13.3 Å². The van der Waals surface area contributed by atoms with Crippen LogP contribution in [0, 0.1) is 5.92 Å². The minimum atomic E-state index is -0.0418. The molecule has 2 bridgehead atoms. The van der Waals surface area contributed by atoms with Crippen LogP contribution in [-0.2, 0) is 9.53 Å². The number of carbonyl (C=O) groups is 2. The van der Waals surface area contributed by atoms with Crippen molar-refractivity contribution in [3.63, 3.8) is 0 Å². The van der Waals surface area contributed by atoms with Crippen molar-refractivity contribution in [1.82, 2.24) is 9.88 Å². The molecule has 7 heteroatoms. The summed E-state index contributed by atoms with van der Waals surface area (Å²) in [5.74, 6) is 1.30. The Morgan fingerprint density at radius 3 is 3.00 bits per heavy atom. The number of fused-ring (bicyclic) bond motifs is 2. The van der Waals surface area contributed by atoms with E-state index in [2.05, 4.69) is 11.9 Å². The predicted octanol–water partition coefficient (Wildman–Crippen LogP) is 2.81. The van der Waals surface area contributed by atoms with Gasteiger partial charge in [-0.3, -0.25) is 9.59 Å². The molecule has 0 radical (unpaired) electrons. The maximum absolute atomic E-state index is 12.5. The molecule has 7 nitrogen and oxygen atoms in total. The fourth-order valence-corrected chi connectivity index (χ4v) is 4.04. The second-order valence-electron chi connectivity index (χ2n) is 7.23. The summed E-state index contributed by atoms with van der Waals surface area (Å²) in [4.78, 5) is 30.1. The molecule has 1 aromatic carbocycles. The Kier molecular flexibility index (Phi) is 5.43. The molecule has 2 aliphatic heterocycles. The standard InChI is InChI=1S/C21H24N2O5/c1-2-3-15-9-20(25)23-13-26-6-7-27-19-10-17-14(8-16(19)11-24)4-5-22-21(17)28-12-18(15)23/h4-5,8,10-11,15,18H,2-3,6-7,9,12-13H2,1H3. The molecule has 1 fully saturated rings. The number of benzene rings is 1. The van der Waals surface area contributed by atoms with E-state index in [1.54, 1.807) is 23.2 Å². The van der Waals surface area contributed by atoms with Crippen LogP contribution in [0.1, 0.15) is 36.5 Å². The quantitative estimate of drug-likeness (QED) is 0.758. The number of hydrogen-bond acceptors (Lipinski definition) is 6. The molecule has 2 atom stereocenters. The summed E-state index contributed by atoms with van der Waals surface area (Å²) in [7, 11) is 0. The Morgan fingerprint density at radius 2 is 2.18 bits per heavy atom. The molecule has 0 aliphatic carbocycles. The topological polar surface area (TPSA) is 78.0 Å². The summed E-state index contributed by atoms with van der Waals surface area (Å²) in [5.41, 5.74) is 0.471. The number of pyridine rings is 1. The van der Waals surface area contributed by atoms with Gasteiger partial charge in [0.15, 0.2) is 6.29 Å². The number of aromatic nitrogens is 1. The highest BCUT2D eigenvalue weighted by atomic mass is 16.5. The molecule has 1 amide bonds. The zero-order chi connectivity index (χ0) is 19.5. The molecule has 0 saturated carbocycles. The zero-order valence-electron chi connectivity index (χ0n) is 15.9. The summed E-state index contributed by atoms with van der Waals surface area (Å²) in [6.07, 6.45) is 4.95. The lowest BCUT2D eigenvalue weighted by atomic mass is 9.96. The smallest absolute Gasteiger partial charge is 0.225 e. The molecule has 2 aromatic rings. The molecule has 1 saturated heterocycles. The van der Waals surface area contributed by atoms with E-state index in [0.29, 0.717) is 36.8 Å². The lowest BCUT2D eigenvalue weighted by Crippen LogP contribution is -2.41. The van der Waals surface area contributed by atoms with Crippen molar-refractivity contribution in [2.45, 2.75) is 32.2 Å². The Morgan fingerprint density at radius 1 is 1.29 bits per heavy atom. The fourth-order valence-electron chi connectivity index (χ4n) is 4.04. The SMILES string of the molecule is CCCC1CC(=O)N2COCCOc3cc4c(nccc4cc3C=O)OCC12. The number of hydrogen-bond donors (Lipinski definition) is 0. The van der Waals surface area contributed by atoms with Crippen LogP contribution < -0.4 is 9.47 Å². The van der Waals surface area contributed by atoms with E-state index in [9.17, 15) is 9.59 Å². The van der Waals surface area contributed by atoms with E-state index in [1.165, 1.54) is 0 Å². The molecular weight excluding hydrogens is 360 g/mol. The van der Waals surface area contributed by atoms with E-state index in [0.717, 1.165) is 29.9 Å². The monoisotopic (exact) mass is 384 g/mol. The molecule has 148 valence electrons. The number of carbonyl (C=O) groups excluding carboxylic acids is 2. The van der Waals surface area contributed by atoms with Gasteiger partial charge in [-0.05, 0) is 35.9 Å². The average Bonchev–Trinajstić information content (AvgIpc) is 3.00.